The molecule has 0 aliphatic heterocycles. The zero-order valence-electron chi connectivity index (χ0n) is 9.23. The third kappa shape index (κ3) is 1.36. The van der Waals surface area contributed by atoms with Gasteiger partial charge in [-0.25, -0.2) is 0 Å². The minimum atomic E-state index is -0.611. The highest BCUT2D eigenvalue weighted by atomic mass is 16.6. The Labute approximate surface area is 93.0 Å². The first kappa shape index (κ1) is 10.9. The molecule has 0 heterocycles. The van der Waals surface area contributed by atoms with E-state index in [1.807, 2.05) is 13.8 Å². The molecule has 0 spiro atoms. The van der Waals surface area contributed by atoms with E-state index < -0.39 is 10.5 Å². The first-order valence-electron chi connectivity index (χ1n) is 5.05. The standard InChI is InChI=1S/C11H14N2O3/c1-10(2)6-11(10,12)7-3-4-8(13(15)16)9(14)5-7/h3-5,14H,6,12H2,1-2H3. The maximum absolute atomic E-state index is 10.5. The van der Waals surface area contributed by atoms with Gasteiger partial charge < -0.3 is 10.8 Å². The Morgan fingerprint density at radius 3 is 2.44 bits per heavy atom. The second-order valence-corrected chi connectivity index (χ2v) is 4.99. The van der Waals surface area contributed by atoms with E-state index in [0.717, 1.165) is 12.0 Å². The van der Waals surface area contributed by atoms with Gasteiger partial charge >= 0.3 is 5.69 Å². The predicted octanol–water partition coefficient (Wildman–Crippen LogP) is 1.88. The molecule has 0 bridgehead atoms. The SMILES string of the molecule is CC1(C)CC1(N)c1ccc([N+](=O)[O-])c(O)c1. The highest BCUT2D eigenvalue weighted by Gasteiger charge is 2.59. The Hall–Kier alpha value is -1.62. The van der Waals surface area contributed by atoms with E-state index >= 15 is 0 Å². The van der Waals surface area contributed by atoms with Crippen molar-refractivity contribution >= 4 is 5.69 Å². The molecule has 1 saturated carbocycles. The zero-order chi connectivity index (χ0) is 12.1. The topological polar surface area (TPSA) is 89.4 Å². The number of hydrogen-bond donors (Lipinski definition) is 2. The van der Waals surface area contributed by atoms with Gasteiger partial charge in [-0.15, -0.1) is 0 Å². The van der Waals surface area contributed by atoms with Gasteiger partial charge in [0.25, 0.3) is 0 Å². The molecule has 2 rings (SSSR count). The summed E-state index contributed by atoms with van der Waals surface area (Å²) < 4.78 is 0. The van der Waals surface area contributed by atoms with Gasteiger partial charge in [0.1, 0.15) is 0 Å². The second kappa shape index (κ2) is 2.95. The molecule has 1 aliphatic rings. The maximum atomic E-state index is 10.5. The molecule has 1 atom stereocenters. The first-order valence-corrected chi connectivity index (χ1v) is 5.05. The number of nitro benzene ring substituents is 1. The number of nitro groups is 1. The predicted molar refractivity (Wildman–Crippen MR) is 59.0 cm³/mol. The first-order chi connectivity index (χ1) is 7.28. The summed E-state index contributed by atoms with van der Waals surface area (Å²) in [5, 5.41) is 20.1. The number of phenols is 1. The fourth-order valence-electron chi connectivity index (χ4n) is 2.10. The molecule has 3 N–H and O–H groups in total. The zero-order valence-corrected chi connectivity index (χ0v) is 9.23. The molecule has 0 radical (unpaired) electrons. The van der Waals surface area contributed by atoms with Crippen LogP contribution in [0.15, 0.2) is 18.2 Å². The van der Waals surface area contributed by atoms with Crippen molar-refractivity contribution in [3.63, 3.8) is 0 Å². The molecule has 0 saturated heterocycles. The lowest BCUT2D eigenvalue weighted by Gasteiger charge is -2.15. The van der Waals surface area contributed by atoms with E-state index in [4.69, 9.17) is 5.73 Å². The average Bonchev–Trinajstić information content (AvgIpc) is 2.66. The Bertz CT molecular complexity index is 470. The van der Waals surface area contributed by atoms with E-state index in [0.29, 0.717) is 0 Å². The molecule has 1 unspecified atom stereocenters. The van der Waals surface area contributed by atoms with Crippen LogP contribution in [0, 0.1) is 15.5 Å². The average molecular weight is 222 g/mol. The largest absolute Gasteiger partial charge is 0.502 e. The summed E-state index contributed by atoms with van der Waals surface area (Å²) in [4.78, 5) is 9.93. The van der Waals surface area contributed by atoms with Crippen LogP contribution in [0.2, 0.25) is 0 Å². The third-order valence-corrected chi connectivity index (χ3v) is 3.49. The number of nitrogens with zero attached hydrogens (tertiary/aromatic N) is 1. The van der Waals surface area contributed by atoms with Crippen molar-refractivity contribution in [2.24, 2.45) is 11.1 Å². The van der Waals surface area contributed by atoms with Crippen molar-refractivity contribution in [2.45, 2.75) is 25.8 Å². The highest BCUT2D eigenvalue weighted by Crippen LogP contribution is 2.60. The van der Waals surface area contributed by atoms with Crippen LogP contribution in [-0.2, 0) is 5.54 Å². The summed E-state index contributed by atoms with van der Waals surface area (Å²) in [5.74, 6) is -0.324. The van der Waals surface area contributed by atoms with Gasteiger partial charge in [0.2, 0.25) is 0 Å². The molecule has 1 aromatic rings. The van der Waals surface area contributed by atoms with Crippen LogP contribution in [0.25, 0.3) is 0 Å². The molecule has 5 heteroatoms. The van der Waals surface area contributed by atoms with Crippen molar-refractivity contribution in [1.82, 2.24) is 0 Å². The Morgan fingerprint density at radius 1 is 1.50 bits per heavy atom. The monoisotopic (exact) mass is 222 g/mol. The number of nitrogens with two attached hydrogens (primary N) is 1. The lowest BCUT2D eigenvalue weighted by molar-refractivity contribution is -0.385. The molecule has 0 aromatic heterocycles. The molecule has 1 fully saturated rings. The number of rotatable bonds is 2. The van der Waals surface area contributed by atoms with Gasteiger partial charge in [-0.2, -0.15) is 0 Å². The minimum absolute atomic E-state index is 0.0183. The van der Waals surface area contributed by atoms with E-state index in [1.54, 1.807) is 6.07 Å². The smallest absolute Gasteiger partial charge is 0.310 e. The summed E-state index contributed by atoms with van der Waals surface area (Å²) in [7, 11) is 0. The Balaban J connectivity index is 2.41. The lowest BCUT2D eigenvalue weighted by atomic mass is 9.96. The van der Waals surface area contributed by atoms with Crippen LogP contribution >= 0.6 is 0 Å². The van der Waals surface area contributed by atoms with Gasteiger partial charge in [-0.05, 0) is 23.5 Å². The number of benzene rings is 1. The Kier molecular flexibility index (Phi) is 2.00. The molecule has 16 heavy (non-hydrogen) atoms. The molecule has 5 nitrogen and oxygen atoms in total. The summed E-state index contributed by atoms with van der Waals surface area (Å²) in [6.45, 7) is 4.07. The fourth-order valence-corrected chi connectivity index (χ4v) is 2.10. The van der Waals surface area contributed by atoms with Gasteiger partial charge in [-0.3, -0.25) is 10.1 Å². The second-order valence-electron chi connectivity index (χ2n) is 4.99. The Morgan fingerprint density at radius 2 is 2.06 bits per heavy atom. The third-order valence-electron chi connectivity index (χ3n) is 3.49. The van der Waals surface area contributed by atoms with Crippen molar-refractivity contribution in [1.29, 1.82) is 0 Å². The van der Waals surface area contributed by atoms with Crippen molar-refractivity contribution in [3.8, 4) is 5.75 Å². The van der Waals surface area contributed by atoms with Crippen LogP contribution in [0.3, 0.4) is 0 Å². The van der Waals surface area contributed by atoms with Crippen LogP contribution in [-0.4, -0.2) is 10.0 Å². The maximum Gasteiger partial charge on any atom is 0.310 e. The minimum Gasteiger partial charge on any atom is -0.502 e. The van der Waals surface area contributed by atoms with E-state index in [-0.39, 0.29) is 16.9 Å². The van der Waals surface area contributed by atoms with Crippen LogP contribution in [0.5, 0.6) is 5.75 Å². The van der Waals surface area contributed by atoms with Crippen LogP contribution in [0.1, 0.15) is 25.8 Å². The number of aromatic hydroxyl groups is 1. The molecular weight excluding hydrogens is 208 g/mol. The lowest BCUT2D eigenvalue weighted by Crippen LogP contribution is -2.25. The van der Waals surface area contributed by atoms with Gasteiger partial charge in [0, 0.05) is 11.6 Å². The molecule has 0 amide bonds. The summed E-state index contributed by atoms with van der Waals surface area (Å²) in [6, 6.07) is 4.31. The van der Waals surface area contributed by atoms with Crippen molar-refractivity contribution < 1.29 is 10.0 Å². The quantitative estimate of drug-likeness (QED) is 0.590. The number of hydrogen-bond acceptors (Lipinski definition) is 4. The fraction of sp³-hybridized carbons (Fsp3) is 0.455. The normalized spacial score (nSPS) is 26.4. The van der Waals surface area contributed by atoms with Gasteiger partial charge in [0.05, 0.1) is 4.92 Å². The molecule has 86 valence electrons. The molecule has 1 aromatic carbocycles. The van der Waals surface area contributed by atoms with Crippen LogP contribution < -0.4 is 5.73 Å². The van der Waals surface area contributed by atoms with Crippen molar-refractivity contribution in [3.05, 3.63) is 33.9 Å². The van der Waals surface area contributed by atoms with E-state index in [9.17, 15) is 15.2 Å². The van der Waals surface area contributed by atoms with E-state index in [1.165, 1.54) is 12.1 Å². The molecule has 1 aliphatic carbocycles. The summed E-state index contributed by atoms with van der Waals surface area (Å²) in [6.07, 6.45) is 0.817. The molecular formula is C11H14N2O3. The number of phenolic OH excluding ortho intramolecular Hbond substituents is 1. The van der Waals surface area contributed by atoms with Crippen molar-refractivity contribution in [2.75, 3.05) is 0 Å². The van der Waals surface area contributed by atoms with Gasteiger partial charge in [-0.1, -0.05) is 19.9 Å². The summed E-state index contributed by atoms with van der Waals surface area (Å²) in [5.41, 5.74) is 6.13. The van der Waals surface area contributed by atoms with Crippen LogP contribution in [0.4, 0.5) is 5.69 Å². The summed E-state index contributed by atoms with van der Waals surface area (Å²) >= 11 is 0. The van der Waals surface area contributed by atoms with E-state index in [2.05, 4.69) is 0 Å². The highest BCUT2D eigenvalue weighted by molar-refractivity contribution is 5.51. The van der Waals surface area contributed by atoms with Gasteiger partial charge in [0.15, 0.2) is 5.75 Å².